The minimum absolute atomic E-state index is 0. The van der Waals surface area contributed by atoms with Crippen LogP contribution in [0.4, 0.5) is 0 Å². The summed E-state index contributed by atoms with van der Waals surface area (Å²) in [5, 5.41) is 10.0. The number of halogens is 1. The number of hydrogen-bond donors (Lipinski definition) is 2. The molecule has 2 N–H and O–H groups in total. The number of aromatic nitrogens is 3. The topological polar surface area (TPSA) is 62.8 Å². The molecule has 0 unspecified atom stereocenters. The summed E-state index contributed by atoms with van der Waals surface area (Å²) in [5.41, 5.74) is 2.02. The lowest BCUT2D eigenvalue weighted by Gasteiger charge is -2.04. The summed E-state index contributed by atoms with van der Waals surface area (Å²) in [6.07, 6.45) is 1.74. The molecule has 17 heavy (non-hydrogen) atoms. The Morgan fingerprint density at radius 2 is 2.18 bits per heavy atom. The Labute approximate surface area is 106 Å². The quantitative estimate of drug-likeness (QED) is 0.849. The molecule has 5 nitrogen and oxygen atoms in total. The molecule has 92 valence electrons. The first kappa shape index (κ1) is 13.5. The minimum Gasteiger partial charge on any atom is -0.481 e. The van der Waals surface area contributed by atoms with Gasteiger partial charge in [-0.1, -0.05) is 6.07 Å². The van der Waals surface area contributed by atoms with Crippen molar-refractivity contribution in [3.8, 4) is 5.88 Å². The molecule has 2 aromatic rings. The molecule has 0 fully saturated rings. The van der Waals surface area contributed by atoms with E-state index in [-0.39, 0.29) is 12.4 Å². The SMILES string of the molecule is COc1cccc(CNCc2ccn[nH]2)n1.Cl. The van der Waals surface area contributed by atoms with Gasteiger partial charge < -0.3 is 10.1 Å². The molecule has 0 radical (unpaired) electrons. The average Bonchev–Trinajstić information content (AvgIpc) is 2.82. The molecule has 0 bridgehead atoms. The van der Waals surface area contributed by atoms with E-state index in [2.05, 4.69) is 20.5 Å². The summed E-state index contributed by atoms with van der Waals surface area (Å²) in [4.78, 5) is 4.30. The van der Waals surface area contributed by atoms with Gasteiger partial charge in [-0.25, -0.2) is 4.98 Å². The Morgan fingerprint density at radius 3 is 2.88 bits per heavy atom. The highest BCUT2D eigenvalue weighted by Gasteiger charge is 1.98. The molecule has 0 saturated carbocycles. The van der Waals surface area contributed by atoms with E-state index in [1.54, 1.807) is 13.3 Å². The number of rotatable bonds is 5. The van der Waals surface area contributed by atoms with E-state index >= 15 is 0 Å². The maximum Gasteiger partial charge on any atom is 0.213 e. The molecular formula is C11H15ClN4O. The van der Waals surface area contributed by atoms with Gasteiger partial charge in [-0.05, 0) is 12.1 Å². The first-order valence-electron chi connectivity index (χ1n) is 5.07. The lowest BCUT2D eigenvalue weighted by molar-refractivity contribution is 0.395. The molecule has 0 amide bonds. The number of nitrogens with one attached hydrogen (secondary N) is 2. The van der Waals surface area contributed by atoms with Gasteiger partial charge in [0.2, 0.25) is 5.88 Å². The van der Waals surface area contributed by atoms with Crippen LogP contribution in [0.3, 0.4) is 0 Å². The fourth-order valence-corrected chi connectivity index (χ4v) is 1.38. The molecule has 0 aliphatic heterocycles. The highest BCUT2D eigenvalue weighted by atomic mass is 35.5. The third-order valence-corrected chi connectivity index (χ3v) is 2.17. The van der Waals surface area contributed by atoms with Gasteiger partial charge in [-0.15, -0.1) is 12.4 Å². The number of pyridine rings is 1. The van der Waals surface area contributed by atoms with Crippen molar-refractivity contribution in [2.45, 2.75) is 13.1 Å². The Bertz CT molecular complexity index is 433. The number of hydrogen-bond acceptors (Lipinski definition) is 4. The molecular weight excluding hydrogens is 240 g/mol. The predicted molar refractivity (Wildman–Crippen MR) is 67.2 cm³/mol. The second-order valence-corrected chi connectivity index (χ2v) is 3.36. The standard InChI is InChI=1S/C11H14N4O.ClH/c1-16-11-4-2-3-9(14-11)7-12-8-10-5-6-13-15-10;/h2-6,12H,7-8H2,1H3,(H,13,15);1H. The van der Waals surface area contributed by atoms with Gasteiger partial charge in [-0.3, -0.25) is 5.10 Å². The second kappa shape index (κ2) is 6.88. The molecule has 0 aliphatic rings. The van der Waals surface area contributed by atoms with E-state index in [1.165, 1.54) is 0 Å². The first-order valence-corrected chi connectivity index (χ1v) is 5.07. The van der Waals surface area contributed by atoms with Crippen molar-refractivity contribution in [2.75, 3.05) is 7.11 Å². The van der Waals surface area contributed by atoms with Gasteiger partial charge in [0.05, 0.1) is 12.8 Å². The van der Waals surface area contributed by atoms with E-state index in [1.807, 2.05) is 24.3 Å². The molecule has 0 saturated heterocycles. The van der Waals surface area contributed by atoms with Crippen LogP contribution in [-0.2, 0) is 13.1 Å². The highest BCUT2D eigenvalue weighted by molar-refractivity contribution is 5.85. The molecule has 6 heteroatoms. The molecule has 0 aliphatic carbocycles. The molecule has 0 atom stereocenters. The van der Waals surface area contributed by atoms with Crippen LogP contribution in [0.2, 0.25) is 0 Å². The molecule has 2 rings (SSSR count). The fourth-order valence-electron chi connectivity index (χ4n) is 1.38. The normalized spacial score (nSPS) is 9.71. The highest BCUT2D eigenvalue weighted by Crippen LogP contribution is 2.06. The summed E-state index contributed by atoms with van der Waals surface area (Å²) in [6, 6.07) is 7.66. The Hall–Kier alpha value is -1.59. The van der Waals surface area contributed by atoms with Crippen LogP contribution in [0, 0.1) is 0 Å². The first-order chi connectivity index (χ1) is 7.88. The lowest BCUT2D eigenvalue weighted by atomic mass is 10.3. The van der Waals surface area contributed by atoms with Crippen LogP contribution in [-0.4, -0.2) is 22.3 Å². The third-order valence-electron chi connectivity index (χ3n) is 2.17. The maximum atomic E-state index is 5.05. The minimum atomic E-state index is 0. The fraction of sp³-hybridized carbons (Fsp3) is 0.273. The zero-order chi connectivity index (χ0) is 11.2. The van der Waals surface area contributed by atoms with Crippen LogP contribution in [0.5, 0.6) is 5.88 Å². The number of methoxy groups -OCH3 is 1. The van der Waals surface area contributed by atoms with Gasteiger partial charge in [0.1, 0.15) is 0 Å². The Balaban J connectivity index is 0.00000144. The van der Waals surface area contributed by atoms with Gasteiger partial charge in [0.25, 0.3) is 0 Å². The zero-order valence-corrected chi connectivity index (χ0v) is 10.3. The monoisotopic (exact) mass is 254 g/mol. The summed E-state index contributed by atoms with van der Waals surface area (Å²) in [7, 11) is 1.62. The van der Waals surface area contributed by atoms with Gasteiger partial charge in [-0.2, -0.15) is 5.10 Å². The average molecular weight is 255 g/mol. The van der Waals surface area contributed by atoms with Crippen LogP contribution in [0.1, 0.15) is 11.4 Å². The predicted octanol–water partition coefficient (Wildman–Crippen LogP) is 1.52. The lowest BCUT2D eigenvalue weighted by Crippen LogP contribution is -2.14. The van der Waals surface area contributed by atoms with Crippen molar-refractivity contribution in [3.63, 3.8) is 0 Å². The summed E-state index contributed by atoms with van der Waals surface area (Å²) < 4.78 is 5.05. The number of aromatic amines is 1. The Morgan fingerprint density at radius 1 is 1.29 bits per heavy atom. The van der Waals surface area contributed by atoms with Crippen LogP contribution >= 0.6 is 12.4 Å². The number of nitrogens with zero attached hydrogens (tertiary/aromatic N) is 2. The summed E-state index contributed by atoms with van der Waals surface area (Å²) in [6.45, 7) is 1.45. The second-order valence-electron chi connectivity index (χ2n) is 3.36. The zero-order valence-electron chi connectivity index (χ0n) is 9.51. The molecule has 0 spiro atoms. The Kier molecular flexibility index (Phi) is 5.45. The van der Waals surface area contributed by atoms with Gasteiger partial charge >= 0.3 is 0 Å². The van der Waals surface area contributed by atoms with Crippen molar-refractivity contribution in [1.29, 1.82) is 0 Å². The third kappa shape index (κ3) is 4.05. The van der Waals surface area contributed by atoms with E-state index < -0.39 is 0 Å². The van der Waals surface area contributed by atoms with Crippen molar-refractivity contribution < 1.29 is 4.74 Å². The van der Waals surface area contributed by atoms with E-state index in [9.17, 15) is 0 Å². The van der Waals surface area contributed by atoms with Gasteiger partial charge in [0.15, 0.2) is 0 Å². The van der Waals surface area contributed by atoms with Gasteiger partial charge in [0, 0.05) is 31.0 Å². The van der Waals surface area contributed by atoms with Crippen molar-refractivity contribution >= 4 is 12.4 Å². The van der Waals surface area contributed by atoms with Crippen LogP contribution in [0.15, 0.2) is 30.5 Å². The van der Waals surface area contributed by atoms with E-state index in [0.29, 0.717) is 12.4 Å². The smallest absolute Gasteiger partial charge is 0.213 e. The summed E-state index contributed by atoms with van der Waals surface area (Å²) in [5.74, 6) is 0.640. The number of ether oxygens (including phenoxy) is 1. The summed E-state index contributed by atoms with van der Waals surface area (Å²) >= 11 is 0. The van der Waals surface area contributed by atoms with Crippen molar-refractivity contribution in [2.24, 2.45) is 0 Å². The molecule has 2 aromatic heterocycles. The largest absolute Gasteiger partial charge is 0.481 e. The molecule has 0 aromatic carbocycles. The number of H-pyrrole nitrogens is 1. The molecule has 2 heterocycles. The maximum absolute atomic E-state index is 5.05. The van der Waals surface area contributed by atoms with Crippen LogP contribution in [0.25, 0.3) is 0 Å². The van der Waals surface area contributed by atoms with E-state index in [0.717, 1.165) is 17.9 Å². The van der Waals surface area contributed by atoms with E-state index in [4.69, 9.17) is 4.74 Å². The van der Waals surface area contributed by atoms with Crippen LogP contribution < -0.4 is 10.1 Å². The van der Waals surface area contributed by atoms with Crippen molar-refractivity contribution in [3.05, 3.63) is 41.9 Å². The van der Waals surface area contributed by atoms with Crippen molar-refractivity contribution in [1.82, 2.24) is 20.5 Å².